The van der Waals surface area contributed by atoms with Gasteiger partial charge in [0.2, 0.25) is 0 Å². The van der Waals surface area contributed by atoms with Crippen molar-refractivity contribution in [3.05, 3.63) is 162 Å². The van der Waals surface area contributed by atoms with Gasteiger partial charge in [-0.1, -0.05) is 191 Å². The molecule has 9 aromatic rings. The zero-order chi connectivity index (χ0) is 43.7. The Morgan fingerprint density at radius 3 is 1.56 bits per heavy atom. The highest BCUT2D eigenvalue weighted by Gasteiger charge is 2.39. The van der Waals surface area contributed by atoms with Gasteiger partial charge in [-0.2, -0.15) is 0 Å². The van der Waals surface area contributed by atoms with Crippen molar-refractivity contribution >= 4 is 100 Å². The first-order chi connectivity index (χ1) is 29.3. The molecule has 0 saturated carbocycles. The molecule has 10 rings (SSSR count). The average Bonchev–Trinajstić information content (AvgIpc) is 3.67. The molecule has 62 heavy (non-hydrogen) atoms. The number of fused-ring (bicyclic) bond motifs is 9. The largest absolute Gasteiger partial charge is 0.309 e. The second-order valence-electron chi connectivity index (χ2n) is 21.6. The van der Waals surface area contributed by atoms with Crippen LogP contribution in [-0.2, 0) is 5.41 Å². The summed E-state index contributed by atoms with van der Waals surface area (Å²) in [6.45, 7) is 29.2. The normalized spacial score (nSPS) is 13.9. The number of nitrogens with zero attached hydrogens (tertiary/aromatic N) is 2. The van der Waals surface area contributed by atoms with Crippen LogP contribution in [0.4, 0.5) is 17.1 Å². The molecular weight excluding hydrogens is 797 g/mol. The molecule has 0 N–H and O–H groups in total. The highest BCUT2D eigenvalue weighted by molar-refractivity contribution is 6.90. The number of hydrogen-bond acceptors (Lipinski definition) is 1. The molecule has 5 heteroatoms. The minimum absolute atomic E-state index is 0.253. The van der Waals surface area contributed by atoms with Crippen LogP contribution in [0.5, 0.6) is 0 Å². The molecular formula is C57H60N2Si3. The van der Waals surface area contributed by atoms with Gasteiger partial charge in [0, 0.05) is 38.3 Å². The molecule has 0 aliphatic heterocycles. The van der Waals surface area contributed by atoms with Gasteiger partial charge in [0.25, 0.3) is 0 Å². The Morgan fingerprint density at radius 1 is 0.452 bits per heavy atom. The van der Waals surface area contributed by atoms with E-state index in [9.17, 15) is 0 Å². The second kappa shape index (κ2) is 14.0. The fourth-order valence-electron chi connectivity index (χ4n) is 10.3. The SMILES string of the molecule is Cc1ccc(N(c2ccc([Si](C)(C)C)c3ccccc23)c2cc3c(c4ccccc24)-c2ccc(-n4c5ccc([Si](C)(C)C)cc5c5cc([Si](C)(C)C)ccc54)cc2C3(C)C)cc1. The maximum absolute atomic E-state index is 2.55. The third kappa shape index (κ3) is 6.38. The summed E-state index contributed by atoms with van der Waals surface area (Å²) in [7, 11) is -4.70. The fraction of sp³-hybridized carbons (Fsp3) is 0.228. The Morgan fingerprint density at radius 2 is 1.00 bits per heavy atom. The van der Waals surface area contributed by atoms with Crippen LogP contribution < -0.4 is 20.5 Å². The minimum atomic E-state index is -1.63. The van der Waals surface area contributed by atoms with Gasteiger partial charge in [0.1, 0.15) is 0 Å². The number of benzene rings is 8. The standard InChI is InChI=1S/C57H60N2Si3/c1-37-21-23-38(24-22-37)58(51-31-32-55(62(10,11)12)44-19-15-13-17-42(44)51)54-36-50-56(45-20-16-14-18-43(45)54)46-28-25-39(33-49(46)57(50,2)3)59-52-29-26-40(60(4,5)6)34-47(52)48-35-41(61(7,8)9)27-30-53(48)59/h13-36H,1-12H3. The second-order valence-corrected chi connectivity index (χ2v) is 36.8. The number of anilines is 3. The van der Waals surface area contributed by atoms with Crippen LogP contribution >= 0.6 is 0 Å². The van der Waals surface area contributed by atoms with Crippen molar-refractivity contribution in [3.63, 3.8) is 0 Å². The van der Waals surface area contributed by atoms with Gasteiger partial charge in [-0.3, -0.25) is 0 Å². The molecule has 0 radical (unpaired) electrons. The van der Waals surface area contributed by atoms with Crippen molar-refractivity contribution in [1.29, 1.82) is 0 Å². The van der Waals surface area contributed by atoms with Crippen LogP contribution in [0, 0.1) is 6.92 Å². The smallest absolute Gasteiger partial charge is 0.0784 e. The van der Waals surface area contributed by atoms with Crippen molar-refractivity contribution in [1.82, 2.24) is 4.57 Å². The third-order valence-corrected chi connectivity index (χ3v) is 20.0. The summed E-state index contributed by atoms with van der Waals surface area (Å²) in [6.07, 6.45) is 0. The molecule has 310 valence electrons. The van der Waals surface area contributed by atoms with Gasteiger partial charge in [0.15, 0.2) is 0 Å². The molecule has 0 unspecified atom stereocenters. The Bertz CT molecular complexity index is 3210. The summed E-state index contributed by atoms with van der Waals surface area (Å²) in [5.41, 5.74) is 13.9. The summed E-state index contributed by atoms with van der Waals surface area (Å²) in [4.78, 5) is 2.55. The van der Waals surface area contributed by atoms with E-state index in [1.807, 2.05) is 0 Å². The lowest BCUT2D eigenvalue weighted by Gasteiger charge is -2.31. The monoisotopic (exact) mass is 856 g/mol. The molecule has 0 spiro atoms. The summed E-state index contributed by atoms with van der Waals surface area (Å²) in [6, 6.07) is 56.7. The quantitative estimate of drug-likeness (QED) is 0.145. The lowest BCUT2D eigenvalue weighted by molar-refractivity contribution is 0.660. The summed E-state index contributed by atoms with van der Waals surface area (Å²) >= 11 is 0. The summed E-state index contributed by atoms with van der Waals surface area (Å²) < 4.78 is 2.55. The van der Waals surface area contributed by atoms with Crippen molar-refractivity contribution in [3.8, 4) is 16.8 Å². The van der Waals surface area contributed by atoms with Gasteiger partial charge in [-0.05, 0) is 88.5 Å². The van der Waals surface area contributed by atoms with Crippen molar-refractivity contribution in [2.75, 3.05) is 4.90 Å². The Balaban J connectivity index is 1.21. The Hall–Kier alpha value is -5.47. The number of hydrogen-bond donors (Lipinski definition) is 0. The number of aromatic nitrogens is 1. The van der Waals surface area contributed by atoms with Gasteiger partial charge >= 0.3 is 0 Å². The van der Waals surface area contributed by atoms with E-state index < -0.39 is 24.2 Å². The van der Waals surface area contributed by atoms with Gasteiger partial charge in [-0.15, -0.1) is 0 Å². The molecule has 1 aliphatic rings. The molecule has 0 bridgehead atoms. The van der Waals surface area contributed by atoms with Crippen LogP contribution in [0.25, 0.3) is 60.2 Å². The van der Waals surface area contributed by atoms with E-state index >= 15 is 0 Å². The zero-order valence-corrected chi connectivity index (χ0v) is 41.8. The Kier molecular flexibility index (Phi) is 9.18. The van der Waals surface area contributed by atoms with Crippen LogP contribution in [0.15, 0.2) is 146 Å². The van der Waals surface area contributed by atoms with Crippen LogP contribution in [0.3, 0.4) is 0 Å². The summed E-state index contributed by atoms with van der Waals surface area (Å²) in [5.74, 6) is 0. The van der Waals surface area contributed by atoms with Crippen LogP contribution in [-0.4, -0.2) is 28.8 Å². The van der Waals surface area contributed by atoms with Crippen molar-refractivity contribution < 1.29 is 0 Å². The van der Waals surface area contributed by atoms with Crippen molar-refractivity contribution in [2.24, 2.45) is 0 Å². The topological polar surface area (TPSA) is 8.17 Å². The average molecular weight is 857 g/mol. The van der Waals surface area contributed by atoms with Gasteiger partial charge < -0.3 is 9.47 Å². The van der Waals surface area contributed by atoms with E-state index in [0.717, 1.165) is 0 Å². The van der Waals surface area contributed by atoms with E-state index in [-0.39, 0.29) is 5.41 Å². The molecule has 2 nitrogen and oxygen atoms in total. The maximum Gasteiger partial charge on any atom is 0.0784 e. The molecule has 0 saturated heterocycles. The van der Waals surface area contributed by atoms with E-state index in [0.29, 0.717) is 0 Å². The zero-order valence-electron chi connectivity index (χ0n) is 38.8. The molecule has 1 heterocycles. The summed E-state index contributed by atoms with van der Waals surface area (Å²) in [5, 5.41) is 12.5. The molecule has 8 aromatic carbocycles. The predicted octanol–water partition coefficient (Wildman–Crippen LogP) is 14.8. The minimum Gasteiger partial charge on any atom is -0.309 e. The highest BCUT2D eigenvalue weighted by Crippen LogP contribution is 2.55. The van der Waals surface area contributed by atoms with E-state index in [4.69, 9.17) is 0 Å². The highest BCUT2D eigenvalue weighted by atomic mass is 28.3. The molecule has 0 atom stereocenters. The first kappa shape index (κ1) is 40.6. The Labute approximate surface area is 371 Å². The molecule has 0 amide bonds. The predicted molar refractivity (Wildman–Crippen MR) is 282 cm³/mol. The maximum atomic E-state index is 2.55. The van der Waals surface area contributed by atoms with Crippen molar-refractivity contribution in [2.45, 2.75) is 85.1 Å². The first-order valence-corrected chi connectivity index (χ1v) is 33.0. The number of rotatable bonds is 7. The van der Waals surface area contributed by atoms with Gasteiger partial charge in [-0.25, -0.2) is 0 Å². The lowest BCUT2D eigenvalue weighted by Crippen LogP contribution is -2.38. The van der Waals surface area contributed by atoms with E-state index in [1.54, 1.807) is 0 Å². The van der Waals surface area contributed by atoms with Gasteiger partial charge in [0.05, 0.1) is 46.6 Å². The fourth-order valence-corrected chi connectivity index (χ4v) is 14.3. The van der Waals surface area contributed by atoms with E-state index in [1.165, 1.54) is 109 Å². The van der Waals surface area contributed by atoms with Crippen LogP contribution in [0.2, 0.25) is 58.9 Å². The van der Waals surface area contributed by atoms with Crippen LogP contribution in [0.1, 0.15) is 30.5 Å². The molecule has 1 aromatic heterocycles. The third-order valence-electron chi connectivity index (χ3n) is 13.9. The number of aryl methyl sites for hydroxylation is 1. The molecule has 0 fully saturated rings. The molecule has 1 aliphatic carbocycles. The first-order valence-electron chi connectivity index (χ1n) is 22.5. The lowest BCUT2D eigenvalue weighted by atomic mass is 9.81. The van der Waals surface area contributed by atoms with E-state index in [2.05, 4.69) is 235 Å².